The summed E-state index contributed by atoms with van der Waals surface area (Å²) in [6.45, 7) is 1.68. The zero-order valence-corrected chi connectivity index (χ0v) is 20.4. The van der Waals surface area contributed by atoms with Gasteiger partial charge in [-0.05, 0) is 82.5 Å². The molecule has 0 spiro atoms. The molecule has 11 heteroatoms. The van der Waals surface area contributed by atoms with E-state index in [1.54, 1.807) is 31.2 Å². The molecule has 1 atom stereocenters. The Morgan fingerprint density at radius 2 is 1.82 bits per heavy atom. The van der Waals surface area contributed by atoms with E-state index >= 15 is 0 Å². The number of amides is 1. The monoisotopic (exact) mass is 571 g/mol. The third-order valence-electron chi connectivity index (χ3n) is 5.12. The van der Waals surface area contributed by atoms with Gasteiger partial charge in [-0.15, -0.1) is 0 Å². The number of carbonyl (C=O) groups is 1. The Hall–Kier alpha value is -2.59. The predicted octanol–water partition coefficient (Wildman–Crippen LogP) is 7.05. The van der Waals surface area contributed by atoms with E-state index in [0.717, 1.165) is 18.2 Å². The van der Waals surface area contributed by atoms with Crippen LogP contribution in [-0.2, 0) is 10.4 Å². The Morgan fingerprint density at radius 3 is 2.44 bits per heavy atom. The van der Waals surface area contributed by atoms with Gasteiger partial charge in [0, 0.05) is 21.2 Å². The SMILES string of the molecule is Cc1cc(C2=CC(c3cc(Cl)cc(Cl)c3)(C(F)(F)F)ON2)ccc1C(=O)Nc1cccc(Br)n1. The largest absolute Gasteiger partial charge is 0.428 e. The molecular formula is C23H15BrCl2F3N3O2. The molecule has 5 nitrogen and oxygen atoms in total. The zero-order chi connectivity index (χ0) is 24.7. The van der Waals surface area contributed by atoms with Crippen molar-refractivity contribution in [3.63, 3.8) is 0 Å². The Balaban J connectivity index is 1.67. The van der Waals surface area contributed by atoms with Crippen molar-refractivity contribution < 1.29 is 22.8 Å². The van der Waals surface area contributed by atoms with Crippen molar-refractivity contribution in [2.24, 2.45) is 0 Å². The van der Waals surface area contributed by atoms with Gasteiger partial charge in [-0.1, -0.05) is 35.3 Å². The van der Waals surface area contributed by atoms with E-state index in [1.807, 2.05) is 0 Å². The standard InChI is InChI=1S/C23H15BrCl2F3N3O2/c1-12-7-13(5-6-17(12)21(33)31-20-4-2-3-19(24)30-20)18-11-22(34-32-18,23(27,28)29)14-8-15(25)10-16(26)9-14/h2-11,32H,1H3,(H,30,31,33). The smallest absolute Gasteiger partial charge is 0.307 e. The molecule has 1 amide bonds. The minimum absolute atomic E-state index is 0.0442. The Bertz CT molecular complexity index is 1300. The van der Waals surface area contributed by atoms with Crippen molar-refractivity contribution in [3.8, 4) is 0 Å². The number of rotatable bonds is 4. The first-order chi connectivity index (χ1) is 16.0. The molecule has 3 aromatic rings. The lowest BCUT2D eigenvalue weighted by Crippen LogP contribution is -2.42. The molecule has 0 saturated carbocycles. The van der Waals surface area contributed by atoms with Crippen molar-refractivity contribution in [1.29, 1.82) is 0 Å². The lowest BCUT2D eigenvalue weighted by Gasteiger charge is -2.28. The molecule has 1 aliphatic heterocycles. The van der Waals surface area contributed by atoms with Gasteiger partial charge in [-0.3, -0.25) is 15.1 Å². The lowest BCUT2D eigenvalue weighted by atomic mass is 9.91. The second-order valence-corrected chi connectivity index (χ2v) is 9.17. The van der Waals surface area contributed by atoms with Crippen LogP contribution in [0, 0.1) is 6.92 Å². The maximum absolute atomic E-state index is 14.2. The van der Waals surface area contributed by atoms with Crippen LogP contribution in [0.1, 0.15) is 27.0 Å². The highest BCUT2D eigenvalue weighted by molar-refractivity contribution is 9.10. The molecule has 2 N–H and O–H groups in total. The third kappa shape index (κ3) is 4.79. The minimum atomic E-state index is -4.82. The number of aryl methyl sites for hydroxylation is 1. The summed E-state index contributed by atoms with van der Waals surface area (Å²) in [5, 5.41) is 2.77. The van der Waals surface area contributed by atoms with Gasteiger partial charge in [-0.2, -0.15) is 13.2 Å². The highest BCUT2D eigenvalue weighted by Crippen LogP contribution is 2.48. The summed E-state index contributed by atoms with van der Waals surface area (Å²) in [7, 11) is 0. The van der Waals surface area contributed by atoms with E-state index in [4.69, 9.17) is 28.0 Å². The van der Waals surface area contributed by atoms with E-state index in [2.05, 4.69) is 31.7 Å². The number of nitrogens with one attached hydrogen (secondary N) is 2. The van der Waals surface area contributed by atoms with Crippen molar-refractivity contribution >= 4 is 56.6 Å². The highest BCUT2D eigenvalue weighted by atomic mass is 79.9. The maximum Gasteiger partial charge on any atom is 0.428 e. The third-order valence-corrected chi connectivity index (χ3v) is 6.00. The fourth-order valence-electron chi connectivity index (χ4n) is 3.50. The number of carbonyl (C=O) groups excluding carboxylic acids is 1. The van der Waals surface area contributed by atoms with Gasteiger partial charge < -0.3 is 5.32 Å². The topological polar surface area (TPSA) is 63.2 Å². The van der Waals surface area contributed by atoms with E-state index in [-0.39, 0.29) is 21.3 Å². The van der Waals surface area contributed by atoms with Crippen LogP contribution >= 0.6 is 39.1 Å². The van der Waals surface area contributed by atoms with E-state index < -0.39 is 17.7 Å². The summed E-state index contributed by atoms with van der Waals surface area (Å²) >= 11 is 15.1. The molecule has 0 bridgehead atoms. The van der Waals surface area contributed by atoms with Gasteiger partial charge in [0.05, 0.1) is 5.70 Å². The molecule has 2 heterocycles. The summed E-state index contributed by atoms with van der Waals surface area (Å²) in [6.07, 6.45) is -3.89. The lowest BCUT2D eigenvalue weighted by molar-refractivity contribution is -0.269. The fraction of sp³-hybridized carbons (Fsp3) is 0.130. The molecular weight excluding hydrogens is 558 g/mol. The van der Waals surface area contributed by atoms with Crippen LogP contribution in [0.25, 0.3) is 5.70 Å². The van der Waals surface area contributed by atoms with Gasteiger partial charge in [0.1, 0.15) is 10.4 Å². The van der Waals surface area contributed by atoms with Crippen molar-refractivity contribution in [2.45, 2.75) is 18.7 Å². The van der Waals surface area contributed by atoms with Crippen LogP contribution in [0.5, 0.6) is 0 Å². The number of hydrogen-bond acceptors (Lipinski definition) is 4. The average molecular weight is 573 g/mol. The number of alkyl halides is 3. The summed E-state index contributed by atoms with van der Waals surface area (Å²) in [5.41, 5.74) is 0.665. The quantitative estimate of drug-likeness (QED) is 0.329. The summed E-state index contributed by atoms with van der Waals surface area (Å²) in [6, 6.07) is 13.3. The number of aromatic nitrogens is 1. The minimum Gasteiger partial charge on any atom is -0.307 e. The highest BCUT2D eigenvalue weighted by Gasteiger charge is 2.59. The van der Waals surface area contributed by atoms with Crippen molar-refractivity contribution in [2.75, 3.05) is 5.32 Å². The van der Waals surface area contributed by atoms with Crippen LogP contribution in [-0.4, -0.2) is 17.1 Å². The molecule has 4 rings (SSSR count). The Kier molecular flexibility index (Phi) is 6.65. The van der Waals surface area contributed by atoms with Crippen LogP contribution in [0.3, 0.4) is 0 Å². The number of anilines is 1. The number of halogens is 6. The van der Waals surface area contributed by atoms with Crippen molar-refractivity contribution in [3.05, 3.63) is 97.6 Å². The summed E-state index contributed by atoms with van der Waals surface area (Å²) in [4.78, 5) is 21.9. The molecule has 0 fully saturated rings. The number of hydrogen-bond donors (Lipinski definition) is 2. The molecule has 1 aliphatic rings. The molecule has 176 valence electrons. The summed E-state index contributed by atoms with van der Waals surface area (Å²) in [5.74, 6) is -0.0518. The van der Waals surface area contributed by atoms with Gasteiger partial charge in [-0.25, -0.2) is 4.98 Å². The zero-order valence-electron chi connectivity index (χ0n) is 17.3. The summed E-state index contributed by atoms with van der Waals surface area (Å²) < 4.78 is 43.1. The van der Waals surface area contributed by atoms with Gasteiger partial charge in [0.25, 0.3) is 5.91 Å². The van der Waals surface area contributed by atoms with Crippen LogP contribution in [0.4, 0.5) is 19.0 Å². The predicted molar refractivity (Wildman–Crippen MR) is 127 cm³/mol. The van der Waals surface area contributed by atoms with E-state index in [0.29, 0.717) is 27.1 Å². The van der Waals surface area contributed by atoms with Crippen LogP contribution in [0.2, 0.25) is 10.0 Å². The van der Waals surface area contributed by atoms with Gasteiger partial charge in [0.15, 0.2) is 0 Å². The fourth-order valence-corrected chi connectivity index (χ4v) is 4.37. The molecule has 34 heavy (non-hydrogen) atoms. The average Bonchev–Trinajstić information content (AvgIpc) is 3.20. The van der Waals surface area contributed by atoms with Crippen LogP contribution < -0.4 is 10.8 Å². The number of hydroxylamine groups is 1. The van der Waals surface area contributed by atoms with Gasteiger partial charge in [0.2, 0.25) is 5.60 Å². The first kappa shape index (κ1) is 24.5. The first-order valence-electron chi connectivity index (χ1n) is 9.73. The molecule has 0 radical (unpaired) electrons. The molecule has 1 aromatic heterocycles. The number of benzene rings is 2. The Morgan fingerprint density at radius 1 is 1.12 bits per heavy atom. The normalized spacial score (nSPS) is 17.8. The van der Waals surface area contributed by atoms with E-state index in [9.17, 15) is 18.0 Å². The maximum atomic E-state index is 14.2. The molecule has 2 aromatic carbocycles. The second kappa shape index (κ2) is 9.22. The second-order valence-electron chi connectivity index (χ2n) is 7.48. The molecule has 0 aliphatic carbocycles. The number of nitrogens with zero attached hydrogens (tertiary/aromatic N) is 1. The van der Waals surface area contributed by atoms with Crippen molar-refractivity contribution in [1.82, 2.24) is 10.5 Å². The first-order valence-corrected chi connectivity index (χ1v) is 11.3. The molecule has 0 saturated heterocycles. The van der Waals surface area contributed by atoms with E-state index in [1.165, 1.54) is 18.2 Å². The van der Waals surface area contributed by atoms with Crippen LogP contribution in [0.15, 0.2) is 65.3 Å². The molecule has 1 unspecified atom stereocenters. The Labute approximate surface area is 211 Å². The van der Waals surface area contributed by atoms with Gasteiger partial charge >= 0.3 is 6.18 Å². The number of pyridine rings is 1.